The van der Waals surface area contributed by atoms with Crippen LogP contribution in [0.15, 0.2) is 0 Å². The number of hydrogen-bond acceptors (Lipinski definition) is 2. The summed E-state index contributed by atoms with van der Waals surface area (Å²) in [6, 6.07) is 0. The van der Waals surface area contributed by atoms with Crippen molar-refractivity contribution in [2.24, 2.45) is 11.7 Å². The van der Waals surface area contributed by atoms with Crippen LogP contribution in [0, 0.1) is 5.92 Å². The SMILES string of the molecule is CN1CC(CN)CCC1=O.Cl. The van der Waals surface area contributed by atoms with Gasteiger partial charge in [0.25, 0.3) is 0 Å². The van der Waals surface area contributed by atoms with Crippen molar-refractivity contribution in [2.45, 2.75) is 12.8 Å². The summed E-state index contributed by atoms with van der Waals surface area (Å²) in [5.41, 5.74) is 5.47. The van der Waals surface area contributed by atoms with E-state index < -0.39 is 0 Å². The van der Waals surface area contributed by atoms with E-state index >= 15 is 0 Å². The Hall–Kier alpha value is -0.280. The fourth-order valence-corrected chi connectivity index (χ4v) is 1.29. The average Bonchev–Trinajstić information content (AvgIpc) is 1.95. The van der Waals surface area contributed by atoms with Gasteiger partial charge in [0, 0.05) is 20.0 Å². The van der Waals surface area contributed by atoms with E-state index in [0.717, 1.165) is 13.0 Å². The van der Waals surface area contributed by atoms with E-state index in [1.54, 1.807) is 4.90 Å². The zero-order chi connectivity index (χ0) is 7.56. The molecule has 0 aromatic carbocycles. The Morgan fingerprint density at radius 1 is 1.73 bits per heavy atom. The van der Waals surface area contributed by atoms with Crippen molar-refractivity contribution < 1.29 is 4.79 Å². The lowest BCUT2D eigenvalue weighted by Gasteiger charge is -2.28. The molecule has 1 amide bonds. The summed E-state index contributed by atoms with van der Waals surface area (Å²) in [6.07, 6.45) is 1.65. The number of amides is 1. The van der Waals surface area contributed by atoms with Gasteiger partial charge in [-0.25, -0.2) is 0 Å². The molecule has 2 N–H and O–H groups in total. The van der Waals surface area contributed by atoms with Crippen LogP contribution >= 0.6 is 12.4 Å². The Morgan fingerprint density at radius 2 is 2.36 bits per heavy atom. The highest BCUT2D eigenvalue weighted by Gasteiger charge is 2.20. The number of likely N-dealkylation sites (tertiary alicyclic amines) is 1. The molecule has 3 nitrogen and oxygen atoms in total. The summed E-state index contributed by atoms with van der Waals surface area (Å²) in [4.78, 5) is 12.7. The molecule has 1 rings (SSSR count). The van der Waals surface area contributed by atoms with Crippen molar-refractivity contribution >= 4 is 18.3 Å². The minimum atomic E-state index is 0. The predicted octanol–water partition coefficient (Wildman–Crippen LogP) is 0.235. The number of halogens is 1. The van der Waals surface area contributed by atoms with Gasteiger partial charge in [-0.05, 0) is 18.9 Å². The standard InChI is InChI=1S/C7H14N2O.ClH/c1-9-5-6(4-8)2-3-7(9)10;/h6H,2-5,8H2,1H3;1H. The van der Waals surface area contributed by atoms with Gasteiger partial charge in [-0.2, -0.15) is 0 Å². The van der Waals surface area contributed by atoms with Crippen LogP contribution in [0.25, 0.3) is 0 Å². The van der Waals surface area contributed by atoms with Crippen molar-refractivity contribution in [2.75, 3.05) is 20.1 Å². The molecule has 1 atom stereocenters. The van der Waals surface area contributed by atoms with Gasteiger partial charge in [-0.3, -0.25) is 4.79 Å². The second-order valence-corrected chi connectivity index (χ2v) is 2.91. The number of nitrogens with two attached hydrogens (primary N) is 1. The summed E-state index contributed by atoms with van der Waals surface area (Å²) >= 11 is 0. The van der Waals surface area contributed by atoms with Crippen molar-refractivity contribution in [3.8, 4) is 0 Å². The van der Waals surface area contributed by atoms with E-state index in [9.17, 15) is 4.79 Å². The van der Waals surface area contributed by atoms with Gasteiger partial charge in [-0.1, -0.05) is 0 Å². The summed E-state index contributed by atoms with van der Waals surface area (Å²) in [6.45, 7) is 1.55. The summed E-state index contributed by atoms with van der Waals surface area (Å²) in [5, 5.41) is 0. The summed E-state index contributed by atoms with van der Waals surface area (Å²) in [5.74, 6) is 0.785. The van der Waals surface area contributed by atoms with Crippen LogP contribution < -0.4 is 5.73 Å². The topological polar surface area (TPSA) is 46.3 Å². The molecular weight excluding hydrogens is 164 g/mol. The molecule has 1 aliphatic heterocycles. The van der Waals surface area contributed by atoms with Crippen molar-refractivity contribution in [3.63, 3.8) is 0 Å². The van der Waals surface area contributed by atoms with Crippen LogP contribution in [0.1, 0.15) is 12.8 Å². The Balaban J connectivity index is 0.000001000. The molecule has 1 fully saturated rings. The maximum atomic E-state index is 10.9. The zero-order valence-corrected chi connectivity index (χ0v) is 7.56. The van der Waals surface area contributed by atoms with Gasteiger partial charge in [0.2, 0.25) is 5.91 Å². The monoisotopic (exact) mass is 178 g/mol. The van der Waals surface area contributed by atoms with Crippen molar-refractivity contribution in [1.29, 1.82) is 0 Å². The molecular formula is C7H15ClN2O. The molecule has 0 spiro atoms. The number of carbonyl (C=O) groups excluding carboxylic acids is 1. The van der Waals surface area contributed by atoms with Gasteiger partial charge in [0.05, 0.1) is 0 Å². The second kappa shape index (κ2) is 4.57. The largest absolute Gasteiger partial charge is 0.345 e. The molecule has 66 valence electrons. The molecule has 0 bridgehead atoms. The third kappa shape index (κ3) is 2.67. The first-order valence-electron chi connectivity index (χ1n) is 3.68. The molecule has 0 aliphatic carbocycles. The molecule has 0 saturated carbocycles. The molecule has 1 heterocycles. The highest BCUT2D eigenvalue weighted by atomic mass is 35.5. The zero-order valence-electron chi connectivity index (χ0n) is 6.75. The quantitative estimate of drug-likeness (QED) is 0.625. The van der Waals surface area contributed by atoms with Crippen LogP contribution in [0.5, 0.6) is 0 Å². The lowest BCUT2D eigenvalue weighted by Crippen LogP contribution is -2.39. The maximum Gasteiger partial charge on any atom is 0.222 e. The third-order valence-electron chi connectivity index (χ3n) is 2.06. The highest BCUT2D eigenvalue weighted by molar-refractivity contribution is 5.85. The number of carbonyl (C=O) groups is 1. The molecule has 0 aromatic heterocycles. The molecule has 1 unspecified atom stereocenters. The lowest BCUT2D eigenvalue weighted by atomic mass is 9.98. The lowest BCUT2D eigenvalue weighted by molar-refractivity contribution is -0.133. The number of hydrogen-bond donors (Lipinski definition) is 1. The van der Waals surface area contributed by atoms with E-state index in [-0.39, 0.29) is 18.3 Å². The van der Waals surface area contributed by atoms with Crippen LogP contribution in [-0.4, -0.2) is 30.9 Å². The normalized spacial score (nSPS) is 24.7. The van der Waals surface area contributed by atoms with Gasteiger partial charge in [0.1, 0.15) is 0 Å². The van der Waals surface area contributed by atoms with E-state index in [1.165, 1.54) is 0 Å². The van der Waals surface area contributed by atoms with E-state index in [0.29, 0.717) is 18.9 Å². The number of piperidine rings is 1. The van der Waals surface area contributed by atoms with Crippen LogP contribution in [-0.2, 0) is 4.79 Å². The number of nitrogens with zero attached hydrogens (tertiary/aromatic N) is 1. The first-order valence-corrected chi connectivity index (χ1v) is 3.68. The Labute approximate surface area is 73.3 Å². The van der Waals surface area contributed by atoms with Crippen LogP contribution in [0.2, 0.25) is 0 Å². The maximum absolute atomic E-state index is 10.9. The Morgan fingerprint density at radius 3 is 2.82 bits per heavy atom. The minimum absolute atomic E-state index is 0. The van der Waals surface area contributed by atoms with Gasteiger partial charge in [-0.15, -0.1) is 12.4 Å². The summed E-state index contributed by atoms with van der Waals surface area (Å²) < 4.78 is 0. The second-order valence-electron chi connectivity index (χ2n) is 2.91. The summed E-state index contributed by atoms with van der Waals surface area (Å²) in [7, 11) is 1.84. The Kier molecular flexibility index (Phi) is 4.45. The Bertz CT molecular complexity index is 140. The average molecular weight is 179 g/mol. The molecule has 11 heavy (non-hydrogen) atoms. The highest BCUT2D eigenvalue weighted by Crippen LogP contribution is 2.14. The smallest absolute Gasteiger partial charge is 0.222 e. The van der Waals surface area contributed by atoms with Crippen molar-refractivity contribution in [1.82, 2.24) is 4.90 Å². The predicted molar refractivity (Wildman–Crippen MR) is 46.7 cm³/mol. The van der Waals surface area contributed by atoms with Crippen molar-refractivity contribution in [3.05, 3.63) is 0 Å². The third-order valence-corrected chi connectivity index (χ3v) is 2.06. The minimum Gasteiger partial charge on any atom is -0.345 e. The molecule has 0 aromatic rings. The van der Waals surface area contributed by atoms with Crippen LogP contribution in [0.4, 0.5) is 0 Å². The molecule has 4 heteroatoms. The fraction of sp³-hybridized carbons (Fsp3) is 0.857. The van der Waals surface area contributed by atoms with Crippen LogP contribution in [0.3, 0.4) is 0 Å². The fourth-order valence-electron chi connectivity index (χ4n) is 1.29. The van der Waals surface area contributed by atoms with E-state index in [4.69, 9.17) is 5.73 Å². The molecule has 1 aliphatic rings. The molecule has 1 saturated heterocycles. The molecule has 0 radical (unpaired) electrons. The van der Waals surface area contributed by atoms with Gasteiger partial charge < -0.3 is 10.6 Å². The first-order chi connectivity index (χ1) is 4.74. The number of rotatable bonds is 1. The van der Waals surface area contributed by atoms with E-state index in [1.807, 2.05) is 7.05 Å². The van der Waals surface area contributed by atoms with E-state index in [2.05, 4.69) is 0 Å². The van der Waals surface area contributed by atoms with Gasteiger partial charge >= 0.3 is 0 Å². The van der Waals surface area contributed by atoms with Gasteiger partial charge in [0.15, 0.2) is 0 Å². The first kappa shape index (κ1) is 10.7.